The lowest BCUT2D eigenvalue weighted by Gasteiger charge is -2.08. The molecule has 1 fully saturated rings. The molecule has 2 nitrogen and oxygen atoms in total. The number of hydrogen-bond acceptors (Lipinski definition) is 2. The van der Waals surface area contributed by atoms with Crippen molar-refractivity contribution in [1.29, 1.82) is 0 Å². The van der Waals surface area contributed by atoms with Crippen LogP contribution < -0.4 is 5.32 Å². The highest BCUT2D eigenvalue weighted by Crippen LogP contribution is 1.91. The zero-order valence-electron chi connectivity index (χ0n) is 11.4. The first-order valence-electron chi connectivity index (χ1n) is 5.70. The van der Waals surface area contributed by atoms with E-state index in [-0.39, 0.29) is 0 Å². The van der Waals surface area contributed by atoms with Crippen molar-refractivity contribution in [1.82, 2.24) is 5.32 Å². The van der Waals surface area contributed by atoms with Gasteiger partial charge in [0, 0.05) is 36.7 Å². The van der Waals surface area contributed by atoms with Gasteiger partial charge in [0.2, 0.25) is 0 Å². The quantitative estimate of drug-likeness (QED) is 0.470. The second-order valence-corrected chi connectivity index (χ2v) is 0.954. The fourth-order valence-corrected chi connectivity index (χ4v) is 0.239. The summed E-state index contributed by atoms with van der Waals surface area (Å²) in [6.45, 7) is -5.89. The van der Waals surface area contributed by atoms with Gasteiger partial charge in [-0.3, -0.25) is 4.79 Å². The van der Waals surface area contributed by atoms with E-state index in [9.17, 15) is 4.79 Å². The maximum absolute atomic E-state index is 11.3. The summed E-state index contributed by atoms with van der Waals surface area (Å²) in [5.41, 5.74) is 0. The Hall–Kier alpha value is -0.370. The van der Waals surface area contributed by atoms with Crippen LogP contribution in [0.2, 0.25) is 0 Å². The van der Waals surface area contributed by atoms with Crippen LogP contribution in [-0.4, -0.2) is 18.8 Å². The van der Waals surface area contributed by atoms with Crippen molar-refractivity contribution in [2.75, 3.05) is 13.0 Å². The largest absolute Gasteiger partial charge is 0.316 e. The van der Waals surface area contributed by atoms with E-state index >= 15 is 0 Å². The molecule has 40 valence electrons. The molecule has 1 aliphatic rings. The minimum Gasteiger partial charge on any atom is -0.316 e. The first-order valence-corrected chi connectivity index (χ1v) is 1.70. The van der Waals surface area contributed by atoms with Crippen LogP contribution in [0, 0.1) is 0 Å². The minimum absolute atomic E-state index is 1.54. The van der Waals surface area contributed by atoms with Crippen molar-refractivity contribution in [2.45, 2.75) is 12.7 Å². The van der Waals surface area contributed by atoms with Gasteiger partial charge in [0.05, 0.1) is 0 Å². The molecule has 0 aromatic rings. The first kappa shape index (κ1) is 0.982. The van der Waals surface area contributed by atoms with Gasteiger partial charge in [-0.2, -0.15) is 0 Å². The number of rotatable bonds is 0. The van der Waals surface area contributed by atoms with Gasteiger partial charge >= 0.3 is 0 Å². The predicted octanol–water partition coefficient (Wildman–Crippen LogP) is -0.0611. The van der Waals surface area contributed by atoms with Crippen LogP contribution in [0.1, 0.15) is 23.7 Å². The zero-order chi connectivity index (χ0) is 12.3. The van der Waals surface area contributed by atoms with Crippen LogP contribution >= 0.6 is 0 Å². The number of ketones is 1. The summed E-state index contributed by atoms with van der Waals surface area (Å²) >= 11 is 0. The van der Waals surface area contributed by atoms with E-state index in [1.807, 2.05) is 0 Å². The lowest BCUT2D eigenvalue weighted by atomic mass is 10.1. The number of piperidine rings is 1. The van der Waals surface area contributed by atoms with Crippen LogP contribution in [0.4, 0.5) is 0 Å². The van der Waals surface area contributed by atoms with E-state index in [0.29, 0.717) is 0 Å². The van der Waals surface area contributed by atoms with Gasteiger partial charge in [0.25, 0.3) is 0 Å². The molecule has 0 unspecified atom stereocenters. The Morgan fingerprint density at radius 1 is 1.57 bits per heavy atom. The number of nitrogens with one attached hydrogen (secondary N) is 1. The van der Waals surface area contributed by atoms with E-state index in [2.05, 4.69) is 0 Å². The molecule has 1 heterocycles. The van der Waals surface area contributed by atoms with Crippen LogP contribution in [0.5, 0.6) is 0 Å². The van der Waals surface area contributed by atoms with Crippen molar-refractivity contribution in [3.8, 4) is 0 Å². The van der Waals surface area contributed by atoms with E-state index in [1.54, 1.807) is 0 Å². The van der Waals surface area contributed by atoms with Gasteiger partial charge in [0.15, 0.2) is 0 Å². The van der Waals surface area contributed by atoms with E-state index in [0.717, 1.165) is 0 Å². The average Bonchev–Trinajstić information content (AvgIpc) is 1.98. The third-order valence-electron chi connectivity index (χ3n) is 0.477. The van der Waals surface area contributed by atoms with Gasteiger partial charge in [-0.1, -0.05) is 0 Å². The predicted molar refractivity (Wildman–Crippen MR) is 27.1 cm³/mol. The molecule has 0 radical (unpaired) electrons. The molecule has 0 aromatic carbocycles. The van der Waals surface area contributed by atoms with Crippen molar-refractivity contribution in [3.63, 3.8) is 0 Å². The molecule has 1 saturated heterocycles. The van der Waals surface area contributed by atoms with Crippen molar-refractivity contribution < 1.29 is 15.8 Å². The molecule has 1 aliphatic heterocycles. The molecular weight excluding hydrogens is 90.1 g/mol. The monoisotopic (exact) mass is 107 g/mol. The molecule has 1 rings (SSSR count). The van der Waals surface area contributed by atoms with Gasteiger partial charge in [0.1, 0.15) is 5.78 Å². The summed E-state index contributed by atoms with van der Waals surface area (Å²) in [6.07, 6.45) is -6.22. The van der Waals surface area contributed by atoms with Crippen LogP contribution in [0.3, 0.4) is 0 Å². The molecule has 0 amide bonds. The summed E-state index contributed by atoms with van der Waals surface area (Å²) < 4.78 is 57.1. The first-order chi connectivity index (χ1) is 6.36. The van der Waals surface area contributed by atoms with E-state index in [1.165, 1.54) is 5.32 Å². The number of Topliss-reactive ketones (excluding diaryl/α,β-unsaturated/α-hetero) is 1. The summed E-state index contributed by atoms with van der Waals surface area (Å²) in [5.74, 6) is -1.73. The second kappa shape index (κ2) is 2.07. The molecule has 0 bridgehead atoms. The van der Waals surface area contributed by atoms with Crippen LogP contribution in [-0.2, 0) is 4.79 Å². The average molecular weight is 107 g/mol. The Bertz CT molecular complexity index is 282. The van der Waals surface area contributed by atoms with Crippen LogP contribution in [0.25, 0.3) is 0 Å². The third kappa shape index (κ3) is 1.27. The highest BCUT2D eigenvalue weighted by atomic mass is 16.1. The molecule has 7 heavy (non-hydrogen) atoms. The SMILES string of the molecule is [2H]C1([2H])NC([2H])([2H])C([2H])([2H])C(=O)C1([2H])[2H]. The fraction of sp³-hybridized carbons (Fsp3) is 0.800. The molecule has 2 heteroatoms. The molecule has 0 aromatic heterocycles. The molecule has 0 spiro atoms. The van der Waals surface area contributed by atoms with Crippen molar-refractivity contribution >= 4 is 5.78 Å². The summed E-state index contributed by atoms with van der Waals surface area (Å²) in [5, 5.41) is 1.54. The molecule has 0 saturated carbocycles. The topological polar surface area (TPSA) is 29.1 Å². The van der Waals surface area contributed by atoms with Gasteiger partial charge < -0.3 is 5.32 Å². The molecular formula is C5H9NO. The third-order valence-corrected chi connectivity index (χ3v) is 0.477. The lowest BCUT2D eigenvalue weighted by Crippen LogP contribution is -2.27. The standard InChI is InChI=1S/C5H9NO/c7-5-1-3-6-4-2-5/h6H,1-4H2/i1D2,2D2,3D2,4D2. The highest BCUT2D eigenvalue weighted by molar-refractivity contribution is 5.79. The smallest absolute Gasteiger partial charge is 0.135 e. The normalized spacial score (nSPS) is 68.3. The van der Waals surface area contributed by atoms with Crippen LogP contribution in [0.15, 0.2) is 0 Å². The summed E-state index contributed by atoms with van der Waals surface area (Å²) in [6, 6.07) is 0. The zero-order valence-corrected chi connectivity index (χ0v) is 3.41. The Labute approximate surface area is 54.1 Å². The van der Waals surface area contributed by atoms with Gasteiger partial charge in [-0.15, -0.1) is 0 Å². The molecule has 1 N–H and O–H groups in total. The summed E-state index contributed by atoms with van der Waals surface area (Å²) in [4.78, 5) is 11.3. The number of hydrogen-bond donors (Lipinski definition) is 1. The number of carbonyl (C=O) groups excluding carboxylic acids is 1. The molecule has 0 aliphatic carbocycles. The van der Waals surface area contributed by atoms with Gasteiger partial charge in [-0.25, -0.2) is 0 Å². The van der Waals surface area contributed by atoms with E-state index < -0.39 is 31.5 Å². The van der Waals surface area contributed by atoms with Gasteiger partial charge in [-0.05, 0) is 0 Å². The summed E-state index contributed by atoms with van der Waals surface area (Å²) in [7, 11) is 0. The molecule has 0 atom stereocenters. The number of carbonyl (C=O) groups is 1. The van der Waals surface area contributed by atoms with E-state index in [4.69, 9.17) is 11.0 Å². The Kier molecular flexibility index (Phi) is 0.291. The fourth-order valence-electron chi connectivity index (χ4n) is 0.239. The maximum Gasteiger partial charge on any atom is 0.135 e. The second-order valence-electron chi connectivity index (χ2n) is 0.954. The Morgan fingerprint density at radius 2 is 2.14 bits per heavy atom. The Balaban J connectivity index is 3.31. The van der Waals surface area contributed by atoms with Crippen molar-refractivity contribution in [3.05, 3.63) is 0 Å². The lowest BCUT2D eigenvalue weighted by molar-refractivity contribution is -0.119. The van der Waals surface area contributed by atoms with Crippen molar-refractivity contribution in [2.24, 2.45) is 0 Å². The minimum atomic E-state index is -3.11. The highest BCUT2D eigenvalue weighted by Gasteiger charge is 2.04. The Morgan fingerprint density at radius 3 is 2.71 bits per heavy atom. The maximum atomic E-state index is 11.3.